The molecule has 1 N–H and O–H groups in total. The fourth-order valence-corrected chi connectivity index (χ4v) is 3.05. The van der Waals surface area contributed by atoms with Crippen molar-refractivity contribution in [3.8, 4) is 16.9 Å². The first-order valence-corrected chi connectivity index (χ1v) is 6.91. The van der Waals surface area contributed by atoms with Crippen LogP contribution in [0.5, 0.6) is 5.75 Å². The third-order valence-corrected chi connectivity index (χ3v) is 3.93. The molecule has 4 aromatic rings. The molecule has 104 valence electrons. The van der Waals surface area contributed by atoms with Crippen molar-refractivity contribution < 1.29 is 9.84 Å². The van der Waals surface area contributed by atoms with Crippen molar-refractivity contribution in [1.29, 1.82) is 0 Å². The van der Waals surface area contributed by atoms with Gasteiger partial charge in [-0.05, 0) is 42.0 Å². The van der Waals surface area contributed by atoms with Gasteiger partial charge < -0.3 is 14.2 Å². The van der Waals surface area contributed by atoms with Crippen molar-refractivity contribution in [3.05, 3.63) is 60.2 Å². The predicted octanol–water partition coefficient (Wildman–Crippen LogP) is 4.05. The number of aromatic nitrogens is 1. The van der Waals surface area contributed by atoms with Gasteiger partial charge in [-0.25, -0.2) is 0 Å². The van der Waals surface area contributed by atoms with Gasteiger partial charge in [0, 0.05) is 29.3 Å². The highest BCUT2D eigenvalue weighted by molar-refractivity contribution is 5.93. The molecule has 3 nitrogen and oxygen atoms in total. The number of nitrogens with zero attached hydrogens (tertiary/aromatic N) is 1. The highest BCUT2D eigenvalue weighted by Gasteiger charge is 2.16. The number of phenols is 1. The normalized spacial score (nSPS) is 11.7. The van der Waals surface area contributed by atoms with Crippen LogP contribution in [0.1, 0.15) is 5.56 Å². The highest BCUT2D eigenvalue weighted by Crippen LogP contribution is 2.35. The summed E-state index contributed by atoms with van der Waals surface area (Å²) >= 11 is 0. The van der Waals surface area contributed by atoms with E-state index in [0.29, 0.717) is 6.61 Å². The Labute approximate surface area is 122 Å². The van der Waals surface area contributed by atoms with E-state index in [1.807, 2.05) is 12.1 Å². The molecule has 3 heterocycles. The zero-order chi connectivity index (χ0) is 14.4. The molecular weight excluding hydrogens is 262 g/mol. The lowest BCUT2D eigenvalue weighted by Gasteiger charge is -2.02. The molecule has 0 saturated heterocycles. The van der Waals surface area contributed by atoms with Crippen LogP contribution in [0, 0.1) is 0 Å². The van der Waals surface area contributed by atoms with Crippen LogP contribution in [0.25, 0.3) is 27.7 Å². The Morgan fingerprint density at radius 3 is 2.43 bits per heavy atom. The zero-order valence-electron chi connectivity index (χ0n) is 11.7. The minimum absolute atomic E-state index is 0.285. The topological polar surface area (TPSA) is 33.9 Å². The molecule has 4 rings (SSSR count). The van der Waals surface area contributed by atoms with E-state index in [9.17, 15) is 5.11 Å². The second-order valence-electron chi connectivity index (χ2n) is 5.27. The van der Waals surface area contributed by atoms with Gasteiger partial charge in [0.1, 0.15) is 5.75 Å². The lowest BCUT2D eigenvalue weighted by atomic mass is 10.1. The smallest absolute Gasteiger partial charge is 0.115 e. The summed E-state index contributed by atoms with van der Waals surface area (Å²) in [6.07, 6.45) is 0. The van der Waals surface area contributed by atoms with Crippen molar-refractivity contribution >= 4 is 16.6 Å². The van der Waals surface area contributed by atoms with E-state index in [2.05, 4.69) is 34.7 Å². The first-order chi connectivity index (χ1) is 10.3. The van der Waals surface area contributed by atoms with Gasteiger partial charge in [0.25, 0.3) is 0 Å². The summed E-state index contributed by atoms with van der Waals surface area (Å²) in [5, 5.41) is 9.48. The van der Waals surface area contributed by atoms with E-state index in [-0.39, 0.29) is 5.75 Å². The van der Waals surface area contributed by atoms with Crippen LogP contribution < -0.4 is 0 Å². The molecule has 0 saturated carbocycles. The molecule has 3 aromatic heterocycles. The zero-order valence-corrected chi connectivity index (χ0v) is 11.7. The Hall–Kier alpha value is -2.52. The minimum atomic E-state index is 0.285. The summed E-state index contributed by atoms with van der Waals surface area (Å²) in [4.78, 5) is 0. The molecule has 0 bridgehead atoms. The fraction of sp³-hybridized carbons (Fsp3) is 0.111. The molecule has 0 radical (unpaired) electrons. The lowest BCUT2D eigenvalue weighted by Crippen LogP contribution is -1.87. The number of rotatable bonds is 3. The molecule has 0 atom stereocenters. The van der Waals surface area contributed by atoms with Crippen LogP contribution in [0.4, 0.5) is 0 Å². The van der Waals surface area contributed by atoms with E-state index in [0.717, 1.165) is 5.56 Å². The van der Waals surface area contributed by atoms with Crippen LogP contribution in [0.2, 0.25) is 0 Å². The molecule has 0 spiro atoms. The molecule has 0 fully saturated rings. The summed E-state index contributed by atoms with van der Waals surface area (Å²) < 4.78 is 7.61. The van der Waals surface area contributed by atoms with Crippen LogP contribution in [0.15, 0.2) is 54.6 Å². The summed E-state index contributed by atoms with van der Waals surface area (Å²) in [6, 6.07) is 18.0. The van der Waals surface area contributed by atoms with Gasteiger partial charge in [0.2, 0.25) is 0 Å². The number of hydrogen-bond acceptors (Lipinski definition) is 2. The minimum Gasteiger partial charge on any atom is -0.508 e. The highest BCUT2D eigenvalue weighted by atomic mass is 16.5. The third-order valence-electron chi connectivity index (χ3n) is 3.93. The number of benzene rings is 1. The SMILES string of the molecule is COCc1cc2cccc3cc(-c4ccc(O)cc4)c1n23. The maximum absolute atomic E-state index is 9.48. The summed E-state index contributed by atoms with van der Waals surface area (Å²) in [6.45, 7) is 0.589. The molecule has 0 aliphatic rings. The van der Waals surface area contributed by atoms with E-state index in [1.54, 1.807) is 19.2 Å². The Morgan fingerprint density at radius 2 is 1.71 bits per heavy atom. The largest absolute Gasteiger partial charge is 0.508 e. The molecule has 0 amide bonds. The first-order valence-electron chi connectivity index (χ1n) is 6.91. The Balaban J connectivity index is 2.06. The number of aromatic hydroxyl groups is 1. The van der Waals surface area contributed by atoms with Crippen molar-refractivity contribution in [2.45, 2.75) is 6.61 Å². The van der Waals surface area contributed by atoms with E-state index < -0.39 is 0 Å². The van der Waals surface area contributed by atoms with E-state index >= 15 is 0 Å². The van der Waals surface area contributed by atoms with Gasteiger partial charge in [-0.3, -0.25) is 0 Å². The summed E-state index contributed by atoms with van der Waals surface area (Å²) in [5.74, 6) is 0.285. The van der Waals surface area contributed by atoms with Crippen LogP contribution in [-0.2, 0) is 11.3 Å². The maximum atomic E-state index is 9.48. The van der Waals surface area contributed by atoms with E-state index in [1.165, 1.54) is 27.7 Å². The molecular formula is C18H15NO2. The van der Waals surface area contributed by atoms with Gasteiger partial charge in [0.15, 0.2) is 0 Å². The van der Waals surface area contributed by atoms with Crippen molar-refractivity contribution in [3.63, 3.8) is 0 Å². The average molecular weight is 277 g/mol. The lowest BCUT2D eigenvalue weighted by molar-refractivity contribution is 0.186. The Kier molecular flexibility index (Phi) is 2.62. The molecule has 3 heteroatoms. The quantitative estimate of drug-likeness (QED) is 0.613. The van der Waals surface area contributed by atoms with Crippen molar-refractivity contribution in [1.82, 2.24) is 4.40 Å². The number of ether oxygens (including phenoxy) is 1. The second-order valence-corrected chi connectivity index (χ2v) is 5.27. The fourth-order valence-electron chi connectivity index (χ4n) is 3.05. The summed E-state index contributed by atoms with van der Waals surface area (Å²) in [5.41, 5.74) is 6.99. The van der Waals surface area contributed by atoms with E-state index in [4.69, 9.17) is 4.74 Å². The molecule has 21 heavy (non-hydrogen) atoms. The summed E-state index contributed by atoms with van der Waals surface area (Å²) in [7, 11) is 1.72. The van der Waals surface area contributed by atoms with Crippen LogP contribution in [0.3, 0.4) is 0 Å². The number of pyridine rings is 1. The standard InChI is InChI=1S/C18H15NO2/c1-21-11-13-9-14-3-2-4-15-10-17(18(13)19(14)15)12-5-7-16(20)8-6-12/h2-10,20H,11H2,1H3. The number of methoxy groups -OCH3 is 1. The van der Waals surface area contributed by atoms with Gasteiger partial charge in [0.05, 0.1) is 12.1 Å². The molecule has 1 aromatic carbocycles. The first kappa shape index (κ1) is 12.2. The van der Waals surface area contributed by atoms with Crippen LogP contribution in [-0.4, -0.2) is 16.6 Å². The van der Waals surface area contributed by atoms with Crippen molar-refractivity contribution in [2.24, 2.45) is 0 Å². The number of phenolic OH excluding ortho intramolecular Hbond substituents is 1. The van der Waals surface area contributed by atoms with Gasteiger partial charge in [-0.15, -0.1) is 0 Å². The second kappa shape index (κ2) is 4.50. The number of hydrogen-bond donors (Lipinski definition) is 1. The van der Waals surface area contributed by atoms with Crippen molar-refractivity contribution in [2.75, 3.05) is 7.11 Å². The third kappa shape index (κ3) is 1.78. The van der Waals surface area contributed by atoms with Gasteiger partial charge in [-0.1, -0.05) is 18.2 Å². The predicted molar refractivity (Wildman–Crippen MR) is 83.9 cm³/mol. The van der Waals surface area contributed by atoms with Crippen LogP contribution >= 0.6 is 0 Å². The Morgan fingerprint density at radius 1 is 1.00 bits per heavy atom. The monoisotopic (exact) mass is 277 g/mol. The molecule has 0 unspecified atom stereocenters. The molecule has 0 aliphatic carbocycles. The Bertz CT molecular complexity index is 906. The van der Waals surface area contributed by atoms with Gasteiger partial charge >= 0.3 is 0 Å². The van der Waals surface area contributed by atoms with Gasteiger partial charge in [-0.2, -0.15) is 0 Å². The average Bonchev–Trinajstić information content (AvgIpc) is 3.04. The maximum Gasteiger partial charge on any atom is 0.115 e. The molecule has 0 aliphatic heterocycles.